The molecule has 86 valence electrons. The van der Waals surface area contributed by atoms with Crippen LogP contribution in [0.1, 0.15) is 22.7 Å². The Morgan fingerprint density at radius 3 is 2.81 bits per heavy atom. The predicted octanol–water partition coefficient (Wildman–Crippen LogP) is 4.47. The summed E-state index contributed by atoms with van der Waals surface area (Å²) in [5, 5.41) is 5.69. The minimum atomic E-state index is 0.454. The molecule has 2 heterocycles. The van der Waals surface area contributed by atoms with Gasteiger partial charge < -0.3 is 5.32 Å². The van der Waals surface area contributed by atoms with Crippen LogP contribution in [0.4, 0.5) is 0 Å². The molecule has 16 heavy (non-hydrogen) atoms. The van der Waals surface area contributed by atoms with Gasteiger partial charge in [-0.05, 0) is 46.1 Å². The summed E-state index contributed by atoms with van der Waals surface area (Å²) in [5.74, 6) is 0. The smallest absolute Gasteiger partial charge is 0.0701 e. The van der Waals surface area contributed by atoms with Crippen LogP contribution >= 0.6 is 38.6 Å². The van der Waals surface area contributed by atoms with E-state index in [4.69, 9.17) is 0 Å². The molecule has 0 bridgehead atoms. The number of likely N-dealkylation sites (N-methyl/N-ethyl adjacent to an activating group) is 1. The molecule has 2 rings (SSSR count). The Hall–Kier alpha value is -0.160. The van der Waals surface area contributed by atoms with Gasteiger partial charge in [0.2, 0.25) is 0 Å². The Morgan fingerprint density at radius 2 is 2.25 bits per heavy atom. The molecule has 0 spiro atoms. The van der Waals surface area contributed by atoms with Gasteiger partial charge in [0.05, 0.1) is 3.79 Å². The first-order chi connectivity index (χ1) is 7.79. The molecule has 1 unspecified atom stereocenters. The first-order valence-electron chi connectivity index (χ1n) is 5.30. The third-order valence-corrected chi connectivity index (χ3v) is 5.00. The highest BCUT2D eigenvalue weighted by Crippen LogP contribution is 2.28. The minimum Gasteiger partial charge on any atom is -0.309 e. The highest BCUT2D eigenvalue weighted by atomic mass is 79.9. The van der Waals surface area contributed by atoms with Crippen molar-refractivity contribution in [1.82, 2.24) is 5.32 Å². The van der Waals surface area contributed by atoms with Crippen LogP contribution in [0.15, 0.2) is 33.4 Å². The summed E-state index contributed by atoms with van der Waals surface area (Å²) in [4.78, 5) is 2.84. The molecule has 0 saturated heterocycles. The molecule has 2 aromatic heterocycles. The largest absolute Gasteiger partial charge is 0.309 e. The lowest BCUT2D eigenvalue weighted by Gasteiger charge is -2.15. The quantitative estimate of drug-likeness (QED) is 0.858. The predicted molar refractivity (Wildman–Crippen MR) is 76.5 cm³/mol. The Bertz CT molecular complexity index is 422. The molecule has 0 aliphatic rings. The summed E-state index contributed by atoms with van der Waals surface area (Å²) in [7, 11) is 0. The van der Waals surface area contributed by atoms with Crippen molar-refractivity contribution in [3.63, 3.8) is 0 Å². The number of hydrogen-bond acceptors (Lipinski definition) is 3. The van der Waals surface area contributed by atoms with Gasteiger partial charge >= 0.3 is 0 Å². The standard InChI is InChI=1S/C12H14BrNS2/c1-2-14-10(11-4-3-7-15-11)8-9-5-6-12(13)16-9/h3-7,10,14H,2,8H2,1H3. The Labute approximate surface area is 113 Å². The van der Waals surface area contributed by atoms with Crippen molar-refractivity contribution in [1.29, 1.82) is 0 Å². The molecule has 1 atom stereocenters. The van der Waals surface area contributed by atoms with Gasteiger partial charge in [0.15, 0.2) is 0 Å². The van der Waals surface area contributed by atoms with Crippen LogP contribution in [0.3, 0.4) is 0 Å². The number of halogens is 1. The Balaban J connectivity index is 2.09. The second-order valence-electron chi connectivity index (χ2n) is 3.54. The van der Waals surface area contributed by atoms with Crippen LogP contribution in [0.5, 0.6) is 0 Å². The molecule has 0 radical (unpaired) electrons. The number of hydrogen-bond donors (Lipinski definition) is 1. The molecule has 4 heteroatoms. The van der Waals surface area contributed by atoms with E-state index in [1.165, 1.54) is 13.5 Å². The monoisotopic (exact) mass is 315 g/mol. The lowest BCUT2D eigenvalue weighted by atomic mass is 10.1. The van der Waals surface area contributed by atoms with Gasteiger partial charge in [-0.1, -0.05) is 13.0 Å². The van der Waals surface area contributed by atoms with Crippen molar-refractivity contribution in [2.45, 2.75) is 19.4 Å². The van der Waals surface area contributed by atoms with Crippen molar-refractivity contribution >= 4 is 38.6 Å². The van der Waals surface area contributed by atoms with Gasteiger partial charge in [-0.3, -0.25) is 0 Å². The Morgan fingerprint density at radius 1 is 1.38 bits per heavy atom. The topological polar surface area (TPSA) is 12.0 Å². The molecular weight excluding hydrogens is 302 g/mol. The van der Waals surface area contributed by atoms with E-state index in [1.54, 1.807) is 0 Å². The zero-order valence-electron chi connectivity index (χ0n) is 9.07. The van der Waals surface area contributed by atoms with E-state index in [1.807, 2.05) is 22.7 Å². The van der Waals surface area contributed by atoms with Gasteiger partial charge in [-0.15, -0.1) is 22.7 Å². The van der Waals surface area contributed by atoms with Crippen molar-refractivity contribution in [2.75, 3.05) is 6.54 Å². The van der Waals surface area contributed by atoms with E-state index in [0.29, 0.717) is 6.04 Å². The first kappa shape index (κ1) is 12.3. The summed E-state index contributed by atoms with van der Waals surface area (Å²) < 4.78 is 1.21. The maximum absolute atomic E-state index is 3.54. The van der Waals surface area contributed by atoms with E-state index in [0.717, 1.165) is 13.0 Å². The molecule has 0 aliphatic heterocycles. The van der Waals surface area contributed by atoms with Crippen LogP contribution < -0.4 is 5.32 Å². The van der Waals surface area contributed by atoms with Gasteiger partial charge in [-0.2, -0.15) is 0 Å². The molecule has 0 saturated carbocycles. The van der Waals surface area contributed by atoms with Crippen LogP contribution in [-0.2, 0) is 6.42 Å². The third-order valence-electron chi connectivity index (χ3n) is 2.37. The fraction of sp³-hybridized carbons (Fsp3) is 0.333. The summed E-state index contributed by atoms with van der Waals surface area (Å²) >= 11 is 7.16. The first-order valence-corrected chi connectivity index (χ1v) is 7.79. The van der Waals surface area contributed by atoms with E-state index in [2.05, 4.69) is 57.8 Å². The summed E-state index contributed by atoms with van der Waals surface area (Å²) in [6.45, 7) is 3.17. The van der Waals surface area contributed by atoms with E-state index in [-0.39, 0.29) is 0 Å². The zero-order chi connectivity index (χ0) is 11.4. The molecule has 1 N–H and O–H groups in total. The van der Waals surface area contributed by atoms with E-state index >= 15 is 0 Å². The van der Waals surface area contributed by atoms with Crippen LogP contribution in [0.25, 0.3) is 0 Å². The highest BCUT2D eigenvalue weighted by Gasteiger charge is 2.12. The maximum Gasteiger partial charge on any atom is 0.0701 e. The molecule has 1 nitrogen and oxygen atoms in total. The summed E-state index contributed by atoms with van der Waals surface area (Å²) in [5.41, 5.74) is 0. The van der Waals surface area contributed by atoms with E-state index in [9.17, 15) is 0 Å². The highest BCUT2D eigenvalue weighted by molar-refractivity contribution is 9.11. The van der Waals surface area contributed by atoms with Crippen LogP contribution in [0.2, 0.25) is 0 Å². The summed E-state index contributed by atoms with van der Waals surface area (Å²) in [6.07, 6.45) is 1.07. The van der Waals surface area contributed by atoms with Gasteiger partial charge in [0, 0.05) is 22.2 Å². The second kappa shape index (κ2) is 5.96. The zero-order valence-corrected chi connectivity index (χ0v) is 12.3. The SMILES string of the molecule is CCNC(Cc1ccc(Br)s1)c1cccs1. The van der Waals surface area contributed by atoms with Gasteiger partial charge in [-0.25, -0.2) is 0 Å². The average Bonchev–Trinajstić information content (AvgIpc) is 2.88. The van der Waals surface area contributed by atoms with Gasteiger partial charge in [0.1, 0.15) is 0 Å². The average molecular weight is 316 g/mol. The minimum absolute atomic E-state index is 0.454. The second-order valence-corrected chi connectivity index (χ2v) is 7.06. The van der Waals surface area contributed by atoms with Crippen molar-refractivity contribution in [3.05, 3.63) is 43.2 Å². The molecular formula is C12H14BrNS2. The lowest BCUT2D eigenvalue weighted by Crippen LogP contribution is -2.21. The summed E-state index contributed by atoms with van der Waals surface area (Å²) in [6, 6.07) is 9.11. The maximum atomic E-state index is 3.54. The number of rotatable bonds is 5. The van der Waals surface area contributed by atoms with Crippen molar-refractivity contribution in [3.8, 4) is 0 Å². The fourth-order valence-electron chi connectivity index (χ4n) is 1.67. The van der Waals surface area contributed by atoms with Crippen LogP contribution in [-0.4, -0.2) is 6.54 Å². The van der Waals surface area contributed by atoms with Crippen molar-refractivity contribution in [2.24, 2.45) is 0 Å². The van der Waals surface area contributed by atoms with E-state index < -0.39 is 0 Å². The van der Waals surface area contributed by atoms with Crippen LogP contribution in [0, 0.1) is 0 Å². The van der Waals surface area contributed by atoms with Crippen molar-refractivity contribution < 1.29 is 0 Å². The molecule has 0 aliphatic carbocycles. The van der Waals surface area contributed by atoms with Gasteiger partial charge in [0.25, 0.3) is 0 Å². The molecule has 0 aromatic carbocycles. The normalized spacial score (nSPS) is 12.9. The third kappa shape index (κ3) is 3.17. The lowest BCUT2D eigenvalue weighted by molar-refractivity contribution is 0.562. The number of thiophene rings is 2. The fourth-order valence-corrected chi connectivity index (χ4v) is 4.00. The molecule has 0 fully saturated rings. The molecule has 2 aromatic rings. The number of nitrogens with one attached hydrogen (secondary N) is 1. The Kier molecular flexibility index (Phi) is 4.58. The molecule has 0 amide bonds.